The van der Waals surface area contributed by atoms with E-state index in [0.717, 1.165) is 51.7 Å². The first-order valence-corrected chi connectivity index (χ1v) is 22.5. The minimum Gasteiger partial charge on any atom is -0.310 e. The molecule has 0 fully saturated rings. The molecule has 318 valence electrons. The summed E-state index contributed by atoms with van der Waals surface area (Å²) < 4.78 is 0. The molecule has 0 aliphatic heterocycles. The Kier molecular flexibility index (Phi) is 14.4. The second kappa shape index (κ2) is 21.4. The summed E-state index contributed by atoms with van der Waals surface area (Å²) in [5.74, 6) is 0. The fourth-order valence-electron chi connectivity index (χ4n) is 8.13. The molecule has 0 bridgehead atoms. The first-order chi connectivity index (χ1) is 31.9. The van der Waals surface area contributed by atoms with Crippen LogP contribution in [0.2, 0.25) is 0 Å². The third-order valence-corrected chi connectivity index (χ3v) is 11.5. The van der Waals surface area contributed by atoms with Crippen LogP contribution < -0.4 is 9.80 Å². The summed E-state index contributed by atoms with van der Waals surface area (Å²) in [4.78, 5) is 4.71. The van der Waals surface area contributed by atoms with E-state index in [9.17, 15) is 0 Å². The zero-order chi connectivity index (χ0) is 44.8. The van der Waals surface area contributed by atoms with Crippen LogP contribution in [0, 0.1) is 27.7 Å². The highest BCUT2D eigenvalue weighted by Crippen LogP contribution is 2.40. The number of hydrogen-bond donors (Lipinski definition) is 0. The van der Waals surface area contributed by atoms with Gasteiger partial charge in [0.25, 0.3) is 0 Å². The molecular weight excluding hydrogens is 785 g/mol. The van der Waals surface area contributed by atoms with E-state index in [0.29, 0.717) is 0 Å². The SMILES string of the molecule is Cc1ccc(N(c2ccc(C=CC=CC=Cc3ccccc3)cc2)c2ccc(-c3ccc(N(c4ccc(C=CC=CC=C5C=CC=CC5)cc4)c4ccc(C)cc4C)cc3)cc2)c(C)c1. The maximum atomic E-state index is 2.36. The van der Waals surface area contributed by atoms with E-state index >= 15 is 0 Å². The van der Waals surface area contributed by atoms with Crippen molar-refractivity contribution in [2.24, 2.45) is 0 Å². The van der Waals surface area contributed by atoms with Crippen molar-refractivity contribution in [1.82, 2.24) is 0 Å². The van der Waals surface area contributed by atoms with Crippen molar-refractivity contribution in [3.63, 3.8) is 0 Å². The molecule has 7 aromatic rings. The Hall–Kier alpha value is -7.94. The molecule has 0 aromatic heterocycles. The summed E-state index contributed by atoms with van der Waals surface area (Å²) in [5.41, 5.74) is 18.9. The minimum atomic E-state index is 0.982. The standard InChI is InChI=1S/C63H56N2/c1-48-26-44-62(50(3)46-48)64(58-36-28-54(29-37-58)24-11-6-5-10-18-52-19-12-7-13-20-52)60-40-32-56(33-41-60)57-34-42-61(43-35-57)65(63-45-27-49(2)47-51(63)4)59-38-30-55(31-39-59)25-17-9-16-23-53-21-14-8-15-22-53/h5-21,23-47H,22H2,1-4H3. The molecule has 0 spiro atoms. The molecule has 0 N–H and O–H groups in total. The predicted molar refractivity (Wildman–Crippen MR) is 283 cm³/mol. The van der Waals surface area contributed by atoms with E-state index in [2.05, 4.69) is 286 Å². The topological polar surface area (TPSA) is 6.48 Å². The molecule has 0 saturated heterocycles. The normalized spacial score (nSPS) is 13.4. The Bertz CT molecular complexity index is 2930. The summed E-state index contributed by atoms with van der Waals surface area (Å²) in [5, 5.41) is 0. The van der Waals surface area contributed by atoms with Crippen molar-refractivity contribution in [2.45, 2.75) is 34.1 Å². The molecule has 2 nitrogen and oxygen atoms in total. The van der Waals surface area contributed by atoms with E-state index in [1.165, 1.54) is 44.5 Å². The van der Waals surface area contributed by atoms with Crippen LogP contribution in [0.5, 0.6) is 0 Å². The van der Waals surface area contributed by atoms with Crippen molar-refractivity contribution in [2.75, 3.05) is 9.80 Å². The van der Waals surface area contributed by atoms with Gasteiger partial charge in [0.2, 0.25) is 0 Å². The number of benzene rings is 7. The summed E-state index contributed by atoms with van der Waals surface area (Å²) in [7, 11) is 0. The first-order valence-electron chi connectivity index (χ1n) is 22.5. The number of nitrogens with zero attached hydrogens (tertiary/aromatic N) is 2. The Morgan fingerprint density at radius 3 is 1.22 bits per heavy atom. The molecule has 0 atom stereocenters. The molecule has 8 rings (SSSR count). The Labute approximate surface area is 386 Å². The largest absolute Gasteiger partial charge is 0.310 e. The molecule has 0 unspecified atom stereocenters. The fraction of sp³-hybridized carbons (Fsp3) is 0.0794. The van der Waals surface area contributed by atoms with Crippen molar-refractivity contribution in [1.29, 1.82) is 0 Å². The molecule has 7 aromatic carbocycles. The minimum absolute atomic E-state index is 0.982. The highest BCUT2D eigenvalue weighted by molar-refractivity contribution is 5.83. The van der Waals surface area contributed by atoms with Crippen LogP contribution >= 0.6 is 0 Å². The summed E-state index contributed by atoms with van der Waals surface area (Å²) >= 11 is 0. The van der Waals surface area contributed by atoms with Crippen LogP contribution in [0.15, 0.2) is 242 Å². The lowest BCUT2D eigenvalue weighted by Gasteiger charge is -2.28. The first kappa shape index (κ1) is 43.7. The van der Waals surface area contributed by atoms with Gasteiger partial charge in [-0.05, 0) is 139 Å². The molecule has 1 aliphatic rings. The van der Waals surface area contributed by atoms with E-state index in [4.69, 9.17) is 0 Å². The van der Waals surface area contributed by atoms with Gasteiger partial charge < -0.3 is 9.80 Å². The lowest BCUT2D eigenvalue weighted by Crippen LogP contribution is -2.11. The van der Waals surface area contributed by atoms with Crippen molar-refractivity contribution < 1.29 is 0 Å². The maximum absolute atomic E-state index is 2.36. The smallest absolute Gasteiger partial charge is 0.0490 e. The van der Waals surface area contributed by atoms with Gasteiger partial charge in [-0.15, -0.1) is 0 Å². The predicted octanol–water partition coefficient (Wildman–Crippen LogP) is 17.8. The van der Waals surface area contributed by atoms with Crippen LogP contribution in [0.3, 0.4) is 0 Å². The fourth-order valence-corrected chi connectivity index (χ4v) is 8.13. The van der Waals surface area contributed by atoms with Gasteiger partial charge in [-0.1, -0.05) is 205 Å². The number of rotatable bonds is 14. The quantitative estimate of drug-likeness (QED) is 0.101. The van der Waals surface area contributed by atoms with Gasteiger partial charge in [-0.25, -0.2) is 0 Å². The molecule has 65 heavy (non-hydrogen) atoms. The van der Waals surface area contributed by atoms with Gasteiger partial charge in [-0.3, -0.25) is 0 Å². The second-order valence-corrected chi connectivity index (χ2v) is 16.5. The van der Waals surface area contributed by atoms with Gasteiger partial charge in [0.1, 0.15) is 0 Å². The van der Waals surface area contributed by atoms with E-state index in [-0.39, 0.29) is 0 Å². The van der Waals surface area contributed by atoms with Gasteiger partial charge in [0.05, 0.1) is 0 Å². The van der Waals surface area contributed by atoms with Gasteiger partial charge in [-0.2, -0.15) is 0 Å². The number of allylic oxidation sites excluding steroid dienone is 13. The van der Waals surface area contributed by atoms with Crippen LogP contribution in [0.25, 0.3) is 29.4 Å². The maximum Gasteiger partial charge on any atom is 0.0490 e. The third-order valence-electron chi connectivity index (χ3n) is 11.5. The zero-order valence-corrected chi connectivity index (χ0v) is 37.9. The molecule has 1 aliphatic carbocycles. The van der Waals surface area contributed by atoms with Crippen molar-refractivity contribution in [3.8, 4) is 11.1 Å². The van der Waals surface area contributed by atoms with Crippen LogP contribution in [-0.2, 0) is 0 Å². The lowest BCUT2D eigenvalue weighted by atomic mass is 10.0. The second-order valence-electron chi connectivity index (χ2n) is 16.5. The van der Waals surface area contributed by atoms with Crippen molar-refractivity contribution >= 4 is 52.4 Å². The van der Waals surface area contributed by atoms with Gasteiger partial charge in [0.15, 0.2) is 0 Å². The Morgan fingerprint density at radius 1 is 0.385 bits per heavy atom. The number of hydrogen-bond acceptors (Lipinski definition) is 2. The summed E-state index contributed by atoms with van der Waals surface area (Å²) in [6.45, 7) is 8.69. The number of anilines is 6. The van der Waals surface area contributed by atoms with Crippen LogP contribution in [0.4, 0.5) is 34.1 Å². The van der Waals surface area contributed by atoms with E-state index in [1.807, 2.05) is 6.07 Å². The molecule has 0 saturated carbocycles. The average Bonchev–Trinajstić information content (AvgIpc) is 3.33. The van der Waals surface area contributed by atoms with Gasteiger partial charge >= 0.3 is 0 Å². The molecular formula is C63H56N2. The summed E-state index contributed by atoms with van der Waals surface area (Å²) in [6, 6.07) is 59.2. The van der Waals surface area contributed by atoms with E-state index < -0.39 is 0 Å². The molecule has 0 heterocycles. The monoisotopic (exact) mass is 840 g/mol. The molecule has 0 radical (unpaired) electrons. The highest BCUT2D eigenvalue weighted by atomic mass is 15.1. The average molecular weight is 841 g/mol. The summed E-state index contributed by atoms with van der Waals surface area (Å²) in [6.07, 6.45) is 32.7. The van der Waals surface area contributed by atoms with E-state index in [1.54, 1.807) is 0 Å². The zero-order valence-electron chi connectivity index (χ0n) is 37.9. The molecule has 2 heteroatoms. The van der Waals surface area contributed by atoms with Crippen LogP contribution in [0.1, 0.15) is 45.4 Å². The Morgan fingerprint density at radius 2 is 0.800 bits per heavy atom. The van der Waals surface area contributed by atoms with Gasteiger partial charge in [0, 0.05) is 34.1 Å². The van der Waals surface area contributed by atoms with Crippen LogP contribution in [-0.4, -0.2) is 0 Å². The molecule has 0 amide bonds. The lowest BCUT2D eigenvalue weighted by molar-refractivity contribution is 1.23. The third kappa shape index (κ3) is 11.6. The Balaban J connectivity index is 1.01. The highest BCUT2D eigenvalue weighted by Gasteiger charge is 2.17. The number of aryl methyl sites for hydroxylation is 4. The van der Waals surface area contributed by atoms with Crippen molar-refractivity contribution in [3.05, 3.63) is 281 Å².